The first-order valence-corrected chi connectivity index (χ1v) is 7.61. The lowest BCUT2D eigenvalue weighted by atomic mass is 9.86. The van der Waals surface area contributed by atoms with Crippen LogP contribution in [-0.2, 0) is 12.8 Å². The van der Waals surface area contributed by atoms with Crippen molar-refractivity contribution in [3.05, 3.63) is 17.5 Å². The van der Waals surface area contributed by atoms with Crippen molar-refractivity contribution in [1.82, 2.24) is 9.97 Å². The zero-order valence-corrected chi connectivity index (χ0v) is 11.8. The molecule has 104 valence electrons. The molecule has 0 bridgehead atoms. The third-order valence-corrected chi connectivity index (χ3v) is 4.64. The van der Waals surface area contributed by atoms with Gasteiger partial charge < -0.3 is 10.6 Å². The number of aryl methyl sites for hydroxylation is 1. The number of nitrogens with two attached hydrogens (primary N) is 1. The van der Waals surface area contributed by atoms with Crippen molar-refractivity contribution in [2.75, 3.05) is 18.0 Å². The van der Waals surface area contributed by atoms with Crippen LogP contribution in [0, 0.1) is 5.92 Å². The molecule has 0 radical (unpaired) electrons. The standard InChI is InChI=1S/C15H24N4/c1-2-11-3-4-14-12(9-11)10-17-15(18-14)19-7-5-13(16)6-8-19/h10-11,13H,2-9,16H2,1H3. The van der Waals surface area contributed by atoms with E-state index in [0.29, 0.717) is 6.04 Å². The van der Waals surface area contributed by atoms with Crippen LogP contribution in [0.25, 0.3) is 0 Å². The van der Waals surface area contributed by atoms with E-state index >= 15 is 0 Å². The Bertz CT molecular complexity index is 438. The number of anilines is 1. The van der Waals surface area contributed by atoms with Crippen molar-refractivity contribution in [1.29, 1.82) is 0 Å². The maximum Gasteiger partial charge on any atom is 0.225 e. The zero-order chi connectivity index (χ0) is 13.2. The van der Waals surface area contributed by atoms with Crippen LogP contribution >= 0.6 is 0 Å². The Morgan fingerprint density at radius 1 is 1.32 bits per heavy atom. The van der Waals surface area contributed by atoms with Gasteiger partial charge in [-0.05, 0) is 43.6 Å². The number of hydrogen-bond donors (Lipinski definition) is 1. The Morgan fingerprint density at radius 3 is 2.84 bits per heavy atom. The summed E-state index contributed by atoms with van der Waals surface area (Å²) in [6.07, 6.45) is 9.01. The second kappa shape index (κ2) is 5.45. The number of nitrogens with zero attached hydrogens (tertiary/aromatic N) is 3. The van der Waals surface area contributed by atoms with Gasteiger partial charge in [-0.3, -0.25) is 0 Å². The normalized spacial score (nSPS) is 24.3. The first kappa shape index (κ1) is 12.9. The molecular weight excluding hydrogens is 236 g/mol. The van der Waals surface area contributed by atoms with Crippen molar-refractivity contribution < 1.29 is 0 Å². The second-order valence-corrected chi connectivity index (χ2v) is 5.98. The van der Waals surface area contributed by atoms with Gasteiger partial charge in [-0.15, -0.1) is 0 Å². The SMILES string of the molecule is CCC1CCc2nc(N3CCC(N)CC3)ncc2C1. The lowest BCUT2D eigenvalue weighted by molar-refractivity contribution is 0.437. The highest BCUT2D eigenvalue weighted by molar-refractivity contribution is 5.35. The molecule has 1 aromatic rings. The highest BCUT2D eigenvalue weighted by atomic mass is 15.3. The predicted molar refractivity (Wildman–Crippen MR) is 77.3 cm³/mol. The van der Waals surface area contributed by atoms with E-state index < -0.39 is 0 Å². The Kier molecular flexibility index (Phi) is 3.69. The van der Waals surface area contributed by atoms with Gasteiger partial charge in [-0.1, -0.05) is 13.3 Å². The molecule has 2 aliphatic rings. The maximum atomic E-state index is 5.95. The lowest BCUT2D eigenvalue weighted by Crippen LogP contribution is -2.40. The molecule has 4 nitrogen and oxygen atoms in total. The number of rotatable bonds is 2. The quantitative estimate of drug-likeness (QED) is 0.882. The van der Waals surface area contributed by atoms with E-state index in [2.05, 4.69) is 23.0 Å². The highest BCUT2D eigenvalue weighted by Crippen LogP contribution is 2.27. The largest absolute Gasteiger partial charge is 0.341 e. The topological polar surface area (TPSA) is 55.0 Å². The molecule has 1 aliphatic carbocycles. The van der Waals surface area contributed by atoms with Crippen molar-refractivity contribution in [3.8, 4) is 0 Å². The van der Waals surface area contributed by atoms with Gasteiger partial charge in [-0.25, -0.2) is 9.97 Å². The minimum atomic E-state index is 0.360. The van der Waals surface area contributed by atoms with Crippen LogP contribution in [0.1, 0.15) is 43.9 Å². The first-order chi connectivity index (χ1) is 9.26. The van der Waals surface area contributed by atoms with E-state index in [4.69, 9.17) is 10.7 Å². The molecule has 0 aromatic carbocycles. The molecule has 1 aromatic heterocycles. The fourth-order valence-electron chi connectivity index (χ4n) is 3.17. The summed E-state index contributed by atoms with van der Waals surface area (Å²) in [5, 5.41) is 0. The molecule has 0 saturated carbocycles. The molecule has 1 saturated heterocycles. The zero-order valence-electron chi connectivity index (χ0n) is 11.8. The average molecular weight is 260 g/mol. The van der Waals surface area contributed by atoms with Gasteiger partial charge in [0, 0.05) is 31.0 Å². The summed E-state index contributed by atoms with van der Waals surface area (Å²) < 4.78 is 0. The molecule has 1 atom stereocenters. The third kappa shape index (κ3) is 2.73. The van der Waals surface area contributed by atoms with Crippen LogP contribution in [0.5, 0.6) is 0 Å². The van der Waals surface area contributed by atoms with Crippen LogP contribution in [0.3, 0.4) is 0 Å². The van der Waals surface area contributed by atoms with Crippen molar-refractivity contribution in [3.63, 3.8) is 0 Å². The van der Waals surface area contributed by atoms with Crippen LogP contribution in [-0.4, -0.2) is 29.1 Å². The average Bonchev–Trinajstić information content (AvgIpc) is 2.47. The summed E-state index contributed by atoms with van der Waals surface area (Å²) in [6, 6.07) is 0.360. The Balaban J connectivity index is 1.75. The first-order valence-electron chi connectivity index (χ1n) is 7.61. The molecule has 4 heteroatoms. The Labute approximate surface area is 115 Å². The van der Waals surface area contributed by atoms with Gasteiger partial charge in [0.05, 0.1) is 0 Å². The number of fused-ring (bicyclic) bond motifs is 1. The summed E-state index contributed by atoms with van der Waals surface area (Å²) >= 11 is 0. The third-order valence-electron chi connectivity index (χ3n) is 4.64. The predicted octanol–water partition coefficient (Wildman–Crippen LogP) is 1.92. The van der Waals surface area contributed by atoms with Crippen LogP contribution < -0.4 is 10.6 Å². The highest BCUT2D eigenvalue weighted by Gasteiger charge is 2.22. The molecule has 1 unspecified atom stereocenters. The maximum absolute atomic E-state index is 5.95. The van der Waals surface area contributed by atoms with Gasteiger partial charge in [-0.2, -0.15) is 0 Å². The Hall–Kier alpha value is -1.16. The number of piperidine rings is 1. The minimum absolute atomic E-state index is 0.360. The van der Waals surface area contributed by atoms with Gasteiger partial charge in [0.2, 0.25) is 5.95 Å². The molecule has 19 heavy (non-hydrogen) atoms. The van der Waals surface area contributed by atoms with E-state index in [-0.39, 0.29) is 0 Å². The summed E-state index contributed by atoms with van der Waals surface area (Å²) in [4.78, 5) is 11.7. The molecule has 0 amide bonds. The molecular formula is C15H24N4. The summed E-state index contributed by atoms with van der Waals surface area (Å²) in [5.74, 6) is 1.75. The molecule has 1 fully saturated rings. The summed E-state index contributed by atoms with van der Waals surface area (Å²) in [7, 11) is 0. The fraction of sp³-hybridized carbons (Fsp3) is 0.733. The van der Waals surface area contributed by atoms with E-state index in [0.717, 1.165) is 50.6 Å². The minimum Gasteiger partial charge on any atom is -0.341 e. The number of hydrogen-bond acceptors (Lipinski definition) is 4. The van der Waals surface area contributed by atoms with Crippen LogP contribution in [0.2, 0.25) is 0 Å². The van der Waals surface area contributed by atoms with Gasteiger partial charge in [0.25, 0.3) is 0 Å². The van der Waals surface area contributed by atoms with Crippen LogP contribution in [0.15, 0.2) is 6.20 Å². The van der Waals surface area contributed by atoms with Crippen LogP contribution in [0.4, 0.5) is 5.95 Å². The van der Waals surface area contributed by atoms with E-state index in [1.54, 1.807) is 0 Å². The molecule has 3 rings (SSSR count). The summed E-state index contributed by atoms with van der Waals surface area (Å²) in [6.45, 7) is 4.27. The van der Waals surface area contributed by atoms with Gasteiger partial charge in [0.15, 0.2) is 0 Å². The van der Waals surface area contributed by atoms with Crippen molar-refractivity contribution in [2.45, 2.75) is 51.5 Å². The van der Waals surface area contributed by atoms with E-state index in [1.807, 2.05) is 0 Å². The Morgan fingerprint density at radius 2 is 2.11 bits per heavy atom. The van der Waals surface area contributed by atoms with Gasteiger partial charge >= 0.3 is 0 Å². The van der Waals surface area contributed by atoms with Crippen molar-refractivity contribution in [2.24, 2.45) is 11.7 Å². The molecule has 2 heterocycles. The number of aromatic nitrogens is 2. The van der Waals surface area contributed by atoms with Gasteiger partial charge in [0.1, 0.15) is 0 Å². The molecule has 0 spiro atoms. The van der Waals surface area contributed by atoms with E-state index in [9.17, 15) is 0 Å². The second-order valence-electron chi connectivity index (χ2n) is 5.98. The van der Waals surface area contributed by atoms with E-state index in [1.165, 1.54) is 24.1 Å². The van der Waals surface area contributed by atoms with Crippen molar-refractivity contribution >= 4 is 5.95 Å². The fourth-order valence-corrected chi connectivity index (χ4v) is 3.17. The monoisotopic (exact) mass is 260 g/mol. The molecule has 2 N–H and O–H groups in total. The smallest absolute Gasteiger partial charge is 0.225 e. The summed E-state index contributed by atoms with van der Waals surface area (Å²) in [5.41, 5.74) is 8.60. The lowest BCUT2D eigenvalue weighted by Gasteiger charge is -2.31. The molecule has 1 aliphatic heterocycles.